The SMILES string of the molecule is NC(N)=NCc1cccc(C(=O)Nc2nc3ccccc3c(=O)o2)c1. The van der Waals surface area contributed by atoms with Crippen LogP contribution in [-0.2, 0) is 6.54 Å². The first-order chi connectivity index (χ1) is 12.0. The summed E-state index contributed by atoms with van der Waals surface area (Å²) < 4.78 is 5.04. The molecule has 2 aromatic carbocycles. The molecule has 0 radical (unpaired) electrons. The number of guanidine groups is 1. The van der Waals surface area contributed by atoms with Gasteiger partial charge in [0.2, 0.25) is 0 Å². The van der Waals surface area contributed by atoms with Crippen LogP contribution >= 0.6 is 0 Å². The number of hydrogen-bond donors (Lipinski definition) is 3. The van der Waals surface area contributed by atoms with Crippen molar-refractivity contribution in [3.63, 3.8) is 0 Å². The van der Waals surface area contributed by atoms with Crippen molar-refractivity contribution in [3.05, 3.63) is 70.1 Å². The van der Waals surface area contributed by atoms with Gasteiger partial charge in [0.15, 0.2) is 5.96 Å². The Morgan fingerprint density at radius 1 is 1.16 bits per heavy atom. The van der Waals surface area contributed by atoms with Crippen LogP contribution < -0.4 is 22.4 Å². The zero-order valence-electron chi connectivity index (χ0n) is 13.1. The van der Waals surface area contributed by atoms with E-state index >= 15 is 0 Å². The van der Waals surface area contributed by atoms with Crippen LogP contribution in [0, 0.1) is 0 Å². The minimum Gasteiger partial charge on any atom is -0.388 e. The molecule has 1 amide bonds. The van der Waals surface area contributed by atoms with E-state index in [1.165, 1.54) is 0 Å². The van der Waals surface area contributed by atoms with E-state index < -0.39 is 11.5 Å². The van der Waals surface area contributed by atoms with Gasteiger partial charge in [0.05, 0.1) is 17.4 Å². The number of hydrogen-bond acceptors (Lipinski definition) is 5. The lowest BCUT2D eigenvalue weighted by atomic mass is 10.1. The fourth-order valence-electron chi connectivity index (χ4n) is 2.24. The Morgan fingerprint density at radius 2 is 1.96 bits per heavy atom. The molecule has 0 atom stereocenters. The number of benzene rings is 2. The summed E-state index contributed by atoms with van der Waals surface area (Å²) in [6.07, 6.45) is 0. The molecular weight excluding hydrogens is 322 g/mol. The molecule has 0 unspecified atom stereocenters. The Morgan fingerprint density at radius 3 is 2.76 bits per heavy atom. The summed E-state index contributed by atoms with van der Waals surface area (Å²) >= 11 is 0. The second-order valence-electron chi connectivity index (χ2n) is 5.22. The van der Waals surface area contributed by atoms with E-state index in [-0.39, 0.29) is 18.5 Å². The number of aliphatic imine (C=N–C) groups is 1. The van der Waals surface area contributed by atoms with Crippen LogP contribution in [0.4, 0.5) is 6.01 Å². The number of fused-ring (bicyclic) bond motifs is 1. The molecule has 8 nitrogen and oxygen atoms in total. The van der Waals surface area contributed by atoms with Gasteiger partial charge in [-0.05, 0) is 29.8 Å². The highest BCUT2D eigenvalue weighted by molar-refractivity contribution is 6.03. The maximum Gasteiger partial charge on any atom is 0.348 e. The van der Waals surface area contributed by atoms with Gasteiger partial charge in [0, 0.05) is 5.56 Å². The zero-order valence-corrected chi connectivity index (χ0v) is 13.1. The van der Waals surface area contributed by atoms with Crippen molar-refractivity contribution in [1.82, 2.24) is 4.98 Å². The number of anilines is 1. The quantitative estimate of drug-likeness (QED) is 0.483. The summed E-state index contributed by atoms with van der Waals surface area (Å²) in [5.41, 5.74) is 11.6. The second kappa shape index (κ2) is 6.83. The molecule has 5 N–H and O–H groups in total. The Kier molecular flexibility index (Phi) is 4.42. The zero-order chi connectivity index (χ0) is 17.8. The number of para-hydroxylation sites is 1. The highest BCUT2D eigenvalue weighted by Gasteiger charge is 2.11. The average molecular weight is 337 g/mol. The molecule has 0 bridgehead atoms. The summed E-state index contributed by atoms with van der Waals surface area (Å²) in [4.78, 5) is 32.3. The van der Waals surface area contributed by atoms with Crippen LogP contribution in [0.1, 0.15) is 15.9 Å². The summed E-state index contributed by atoms with van der Waals surface area (Å²) in [5.74, 6) is -0.491. The summed E-state index contributed by atoms with van der Waals surface area (Å²) in [5, 5.41) is 2.83. The minimum atomic E-state index is -0.567. The summed E-state index contributed by atoms with van der Waals surface area (Å²) in [6, 6.07) is 13.3. The molecule has 126 valence electrons. The lowest BCUT2D eigenvalue weighted by Gasteiger charge is -2.05. The predicted octanol–water partition coefficient (Wildman–Crippen LogP) is 1.21. The molecule has 0 aliphatic carbocycles. The van der Waals surface area contributed by atoms with Gasteiger partial charge in [-0.25, -0.2) is 9.79 Å². The molecular formula is C17H15N5O3. The molecule has 1 heterocycles. The number of nitrogens with two attached hydrogens (primary N) is 2. The van der Waals surface area contributed by atoms with Gasteiger partial charge in [-0.15, -0.1) is 0 Å². The monoisotopic (exact) mass is 337 g/mol. The third-order valence-electron chi connectivity index (χ3n) is 3.39. The highest BCUT2D eigenvalue weighted by Crippen LogP contribution is 2.12. The van der Waals surface area contributed by atoms with Crippen LogP contribution in [-0.4, -0.2) is 16.9 Å². The van der Waals surface area contributed by atoms with Crippen LogP contribution in [0.25, 0.3) is 10.9 Å². The standard InChI is InChI=1S/C17H15N5O3/c18-16(19)20-9-10-4-3-5-11(8-10)14(23)22-17-21-13-7-2-1-6-12(13)15(24)25-17/h1-8H,9H2,(H4,18,19,20)(H,21,22,23). The first-order valence-corrected chi connectivity index (χ1v) is 7.38. The van der Waals surface area contributed by atoms with E-state index in [0.717, 1.165) is 5.56 Å². The maximum absolute atomic E-state index is 12.4. The lowest BCUT2D eigenvalue weighted by Crippen LogP contribution is -2.22. The third kappa shape index (κ3) is 3.81. The third-order valence-corrected chi connectivity index (χ3v) is 3.39. The molecule has 3 rings (SSSR count). The predicted molar refractivity (Wildman–Crippen MR) is 94.2 cm³/mol. The normalized spacial score (nSPS) is 10.4. The van der Waals surface area contributed by atoms with Crippen LogP contribution in [0.5, 0.6) is 0 Å². The fourth-order valence-corrected chi connectivity index (χ4v) is 2.24. The molecule has 25 heavy (non-hydrogen) atoms. The van der Waals surface area contributed by atoms with Crippen LogP contribution in [0.2, 0.25) is 0 Å². The number of carbonyl (C=O) groups is 1. The van der Waals surface area contributed by atoms with Crippen molar-refractivity contribution in [1.29, 1.82) is 0 Å². The van der Waals surface area contributed by atoms with Gasteiger partial charge in [-0.2, -0.15) is 4.98 Å². The van der Waals surface area contributed by atoms with Crippen LogP contribution in [0.3, 0.4) is 0 Å². The average Bonchev–Trinajstić information content (AvgIpc) is 2.60. The molecule has 0 fully saturated rings. The molecule has 0 saturated carbocycles. The number of carbonyl (C=O) groups excluding carboxylic acids is 1. The Labute approximate surface area is 142 Å². The lowest BCUT2D eigenvalue weighted by molar-refractivity contribution is 0.102. The smallest absolute Gasteiger partial charge is 0.348 e. The van der Waals surface area contributed by atoms with Crippen molar-refractivity contribution in [2.24, 2.45) is 16.5 Å². The van der Waals surface area contributed by atoms with E-state index in [2.05, 4.69) is 15.3 Å². The van der Waals surface area contributed by atoms with E-state index in [0.29, 0.717) is 16.5 Å². The number of nitrogens with zero attached hydrogens (tertiary/aromatic N) is 2. The first kappa shape index (κ1) is 16.2. The highest BCUT2D eigenvalue weighted by atomic mass is 16.4. The van der Waals surface area contributed by atoms with Crippen molar-refractivity contribution >= 4 is 28.8 Å². The number of amides is 1. The molecule has 8 heteroatoms. The van der Waals surface area contributed by atoms with Gasteiger partial charge >= 0.3 is 11.6 Å². The number of aromatic nitrogens is 1. The Hall–Kier alpha value is -3.68. The topological polar surface area (TPSA) is 137 Å². The minimum absolute atomic E-state index is 0.0306. The van der Waals surface area contributed by atoms with Crippen molar-refractivity contribution < 1.29 is 9.21 Å². The molecule has 0 spiro atoms. The molecule has 0 saturated heterocycles. The second-order valence-corrected chi connectivity index (χ2v) is 5.22. The number of nitrogens with one attached hydrogen (secondary N) is 1. The Bertz CT molecular complexity index is 1020. The molecule has 0 aliphatic rings. The van der Waals surface area contributed by atoms with Crippen molar-refractivity contribution in [3.8, 4) is 0 Å². The maximum atomic E-state index is 12.4. The van der Waals surface area contributed by atoms with Gasteiger partial charge in [-0.3, -0.25) is 10.1 Å². The molecule has 0 aliphatic heterocycles. The van der Waals surface area contributed by atoms with E-state index in [9.17, 15) is 9.59 Å². The van der Waals surface area contributed by atoms with Gasteiger partial charge in [-0.1, -0.05) is 24.3 Å². The summed E-state index contributed by atoms with van der Waals surface area (Å²) in [7, 11) is 0. The number of rotatable bonds is 4. The largest absolute Gasteiger partial charge is 0.388 e. The first-order valence-electron chi connectivity index (χ1n) is 7.38. The van der Waals surface area contributed by atoms with E-state index in [4.69, 9.17) is 15.9 Å². The van der Waals surface area contributed by atoms with Gasteiger partial charge < -0.3 is 15.9 Å². The molecule has 3 aromatic rings. The van der Waals surface area contributed by atoms with Crippen molar-refractivity contribution in [2.75, 3.05) is 5.32 Å². The van der Waals surface area contributed by atoms with Crippen molar-refractivity contribution in [2.45, 2.75) is 6.54 Å². The van der Waals surface area contributed by atoms with Crippen LogP contribution in [0.15, 0.2) is 62.7 Å². The van der Waals surface area contributed by atoms with Gasteiger partial charge in [0.1, 0.15) is 0 Å². The molecule has 1 aromatic heterocycles. The fraction of sp³-hybridized carbons (Fsp3) is 0.0588. The van der Waals surface area contributed by atoms with E-state index in [1.807, 2.05) is 0 Å². The van der Waals surface area contributed by atoms with Gasteiger partial charge in [0.25, 0.3) is 5.91 Å². The van der Waals surface area contributed by atoms with E-state index in [1.54, 1.807) is 48.5 Å². The summed E-state index contributed by atoms with van der Waals surface area (Å²) in [6.45, 7) is 0.257. The Balaban J connectivity index is 1.84.